The largest absolute Gasteiger partial charge is 0.391 e. The van der Waals surface area contributed by atoms with Gasteiger partial charge in [-0.1, -0.05) is 50.3 Å². The summed E-state index contributed by atoms with van der Waals surface area (Å²) in [5.41, 5.74) is 7.95. The fourth-order valence-corrected chi connectivity index (χ4v) is 2.12. The monoisotopic (exact) mass is 264 g/mol. The molecule has 1 aromatic carbocycles. The van der Waals surface area contributed by atoms with Gasteiger partial charge >= 0.3 is 0 Å². The molecule has 2 N–H and O–H groups in total. The third-order valence-corrected chi connectivity index (χ3v) is 3.30. The molecule has 98 valence electrons. The van der Waals surface area contributed by atoms with Crippen molar-refractivity contribution in [3.05, 3.63) is 35.4 Å². The van der Waals surface area contributed by atoms with Crippen LogP contribution >= 0.6 is 12.2 Å². The Labute approximate surface area is 114 Å². The maximum Gasteiger partial charge on any atom is 0.220 e. The van der Waals surface area contributed by atoms with Crippen molar-refractivity contribution in [2.75, 3.05) is 7.05 Å². The minimum atomic E-state index is -0.335. The Hall–Kier alpha value is -1.42. The molecular formula is C14H20N2OS. The van der Waals surface area contributed by atoms with Gasteiger partial charge in [0, 0.05) is 14.0 Å². The van der Waals surface area contributed by atoms with E-state index in [0.717, 1.165) is 5.56 Å². The minimum Gasteiger partial charge on any atom is -0.391 e. The van der Waals surface area contributed by atoms with Crippen molar-refractivity contribution >= 4 is 23.1 Å². The smallest absolute Gasteiger partial charge is 0.220 e. The number of nitrogens with zero attached hydrogens (tertiary/aromatic N) is 1. The van der Waals surface area contributed by atoms with Gasteiger partial charge in [0.2, 0.25) is 5.91 Å². The molecule has 0 spiro atoms. The zero-order chi connectivity index (χ0) is 13.9. The van der Waals surface area contributed by atoms with E-state index in [-0.39, 0.29) is 11.9 Å². The van der Waals surface area contributed by atoms with Crippen LogP contribution in [0.1, 0.15) is 43.9 Å². The van der Waals surface area contributed by atoms with Gasteiger partial charge in [-0.25, -0.2) is 0 Å². The molecule has 0 bridgehead atoms. The maximum atomic E-state index is 11.4. The van der Waals surface area contributed by atoms with Crippen LogP contribution in [0, 0.1) is 0 Å². The third kappa shape index (κ3) is 3.29. The quantitative estimate of drug-likeness (QED) is 0.850. The fourth-order valence-electron chi connectivity index (χ4n) is 1.82. The predicted molar refractivity (Wildman–Crippen MR) is 78.5 cm³/mol. The number of hydrogen-bond donors (Lipinski definition) is 1. The van der Waals surface area contributed by atoms with Crippen LogP contribution in [0.4, 0.5) is 0 Å². The Kier molecular flexibility index (Phi) is 4.84. The molecule has 0 fully saturated rings. The summed E-state index contributed by atoms with van der Waals surface area (Å²) in [5, 5.41) is 0. The van der Waals surface area contributed by atoms with Crippen molar-refractivity contribution in [3.63, 3.8) is 0 Å². The van der Waals surface area contributed by atoms with E-state index >= 15 is 0 Å². The van der Waals surface area contributed by atoms with E-state index < -0.39 is 0 Å². The van der Waals surface area contributed by atoms with Gasteiger partial charge in [-0.3, -0.25) is 4.79 Å². The standard InChI is InChI=1S/C14H20N2OS/c1-9(2)11-5-7-12(8-6-11)13(14(15)18)16(4)10(3)17/h5-9,13H,1-4H3,(H2,15,18). The first-order valence-corrected chi connectivity index (χ1v) is 6.38. The molecule has 0 saturated heterocycles. The highest BCUT2D eigenvalue weighted by atomic mass is 32.1. The maximum absolute atomic E-state index is 11.4. The van der Waals surface area contributed by atoms with Gasteiger partial charge in [0.15, 0.2) is 0 Å². The Morgan fingerprint density at radius 1 is 1.22 bits per heavy atom. The Bertz CT molecular complexity index is 440. The zero-order valence-corrected chi connectivity index (χ0v) is 12.1. The van der Waals surface area contributed by atoms with E-state index in [2.05, 4.69) is 26.0 Å². The molecule has 0 aliphatic carbocycles. The van der Waals surface area contributed by atoms with Gasteiger partial charge in [0.1, 0.15) is 11.0 Å². The van der Waals surface area contributed by atoms with Crippen molar-refractivity contribution in [2.24, 2.45) is 5.73 Å². The van der Waals surface area contributed by atoms with Crippen LogP contribution in [-0.2, 0) is 4.79 Å². The highest BCUT2D eigenvalue weighted by Gasteiger charge is 2.21. The second kappa shape index (κ2) is 5.96. The minimum absolute atomic E-state index is 0.0549. The Balaban J connectivity index is 3.07. The fraction of sp³-hybridized carbons (Fsp3) is 0.429. The van der Waals surface area contributed by atoms with Crippen molar-refractivity contribution in [2.45, 2.75) is 32.7 Å². The number of carbonyl (C=O) groups excluding carboxylic acids is 1. The SMILES string of the molecule is CC(=O)N(C)C(C(N)=S)c1ccc(C(C)C)cc1. The molecular weight excluding hydrogens is 244 g/mol. The lowest BCUT2D eigenvalue weighted by atomic mass is 9.98. The normalized spacial score (nSPS) is 12.3. The van der Waals surface area contributed by atoms with Crippen LogP contribution in [-0.4, -0.2) is 22.8 Å². The number of benzene rings is 1. The van der Waals surface area contributed by atoms with Crippen LogP contribution < -0.4 is 5.73 Å². The molecule has 0 saturated carbocycles. The Morgan fingerprint density at radius 2 is 1.67 bits per heavy atom. The van der Waals surface area contributed by atoms with Gasteiger partial charge in [0.25, 0.3) is 0 Å². The Morgan fingerprint density at radius 3 is 2.00 bits per heavy atom. The number of nitrogens with two attached hydrogens (primary N) is 1. The van der Waals surface area contributed by atoms with Crippen molar-refractivity contribution < 1.29 is 4.79 Å². The van der Waals surface area contributed by atoms with Crippen molar-refractivity contribution in [3.8, 4) is 0 Å². The molecule has 1 unspecified atom stereocenters. The summed E-state index contributed by atoms with van der Waals surface area (Å²) in [7, 11) is 1.71. The topological polar surface area (TPSA) is 46.3 Å². The highest BCUT2D eigenvalue weighted by molar-refractivity contribution is 7.80. The molecule has 18 heavy (non-hydrogen) atoms. The summed E-state index contributed by atoms with van der Waals surface area (Å²) in [4.78, 5) is 13.3. The summed E-state index contributed by atoms with van der Waals surface area (Å²) < 4.78 is 0. The van der Waals surface area contributed by atoms with E-state index in [0.29, 0.717) is 10.9 Å². The van der Waals surface area contributed by atoms with Crippen LogP contribution in [0.15, 0.2) is 24.3 Å². The number of likely N-dealkylation sites (N-methyl/N-ethyl adjacent to an activating group) is 1. The number of carbonyl (C=O) groups is 1. The summed E-state index contributed by atoms with van der Waals surface area (Å²) in [5.74, 6) is 0.425. The van der Waals surface area contributed by atoms with Gasteiger partial charge in [-0.05, 0) is 17.0 Å². The lowest BCUT2D eigenvalue weighted by Gasteiger charge is -2.26. The first kappa shape index (κ1) is 14.6. The van der Waals surface area contributed by atoms with Crippen molar-refractivity contribution in [1.82, 2.24) is 4.90 Å². The van der Waals surface area contributed by atoms with E-state index in [9.17, 15) is 4.79 Å². The molecule has 1 rings (SSSR count). The predicted octanol–water partition coefficient (Wildman–Crippen LogP) is 2.62. The van der Waals surface area contributed by atoms with Gasteiger partial charge in [-0.2, -0.15) is 0 Å². The zero-order valence-electron chi connectivity index (χ0n) is 11.3. The second-order valence-corrected chi connectivity index (χ2v) is 5.23. The highest BCUT2D eigenvalue weighted by Crippen LogP contribution is 2.23. The van der Waals surface area contributed by atoms with E-state index in [1.165, 1.54) is 12.5 Å². The van der Waals surface area contributed by atoms with E-state index in [1.807, 2.05) is 12.1 Å². The van der Waals surface area contributed by atoms with E-state index in [4.69, 9.17) is 18.0 Å². The van der Waals surface area contributed by atoms with Gasteiger partial charge < -0.3 is 10.6 Å². The lowest BCUT2D eigenvalue weighted by Crippen LogP contribution is -2.37. The average molecular weight is 264 g/mol. The first-order valence-electron chi connectivity index (χ1n) is 5.97. The van der Waals surface area contributed by atoms with Gasteiger partial charge in [0.05, 0.1) is 0 Å². The van der Waals surface area contributed by atoms with Crippen LogP contribution in [0.5, 0.6) is 0 Å². The lowest BCUT2D eigenvalue weighted by molar-refractivity contribution is -0.128. The number of thiocarbonyl (C=S) groups is 1. The molecule has 0 aliphatic heterocycles. The van der Waals surface area contributed by atoms with Crippen LogP contribution in [0.2, 0.25) is 0 Å². The molecule has 0 aromatic heterocycles. The molecule has 0 heterocycles. The van der Waals surface area contributed by atoms with Crippen LogP contribution in [0.3, 0.4) is 0 Å². The summed E-state index contributed by atoms with van der Waals surface area (Å²) >= 11 is 5.06. The summed E-state index contributed by atoms with van der Waals surface area (Å²) in [6, 6.07) is 7.74. The number of amides is 1. The molecule has 4 heteroatoms. The molecule has 1 aromatic rings. The number of rotatable bonds is 4. The van der Waals surface area contributed by atoms with E-state index in [1.54, 1.807) is 11.9 Å². The third-order valence-electron chi connectivity index (χ3n) is 3.07. The molecule has 1 atom stereocenters. The van der Waals surface area contributed by atoms with Gasteiger partial charge in [-0.15, -0.1) is 0 Å². The first-order chi connectivity index (χ1) is 8.34. The molecule has 3 nitrogen and oxygen atoms in total. The summed E-state index contributed by atoms with van der Waals surface area (Å²) in [6.45, 7) is 5.79. The summed E-state index contributed by atoms with van der Waals surface area (Å²) in [6.07, 6.45) is 0. The molecule has 0 radical (unpaired) electrons. The molecule has 0 aliphatic rings. The second-order valence-electron chi connectivity index (χ2n) is 4.76. The van der Waals surface area contributed by atoms with Crippen LogP contribution in [0.25, 0.3) is 0 Å². The average Bonchev–Trinajstić information content (AvgIpc) is 2.29. The number of hydrogen-bond acceptors (Lipinski definition) is 2. The van der Waals surface area contributed by atoms with Crippen molar-refractivity contribution in [1.29, 1.82) is 0 Å². The molecule has 1 amide bonds.